The molecule has 1 atom stereocenters. The second-order valence-electron chi connectivity index (χ2n) is 5.50. The van der Waals surface area contributed by atoms with Crippen LogP contribution in [0.3, 0.4) is 0 Å². The topological polar surface area (TPSA) is 30.5 Å². The summed E-state index contributed by atoms with van der Waals surface area (Å²) >= 11 is 0. The standard InChI is InChI=1S/C18H31NO2/c1-5-6-7-8-9-10-14-21-17-13-11-12-16(20-4)18(17)15(2)19-3/h11-13,15,19H,5-10,14H2,1-4H3. The molecule has 0 radical (unpaired) electrons. The van der Waals surface area contributed by atoms with Gasteiger partial charge < -0.3 is 14.8 Å². The van der Waals surface area contributed by atoms with E-state index in [1.54, 1.807) is 7.11 Å². The molecule has 0 spiro atoms. The average Bonchev–Trinajstić information content (AvgIpc) is 2.52. The van der Waals surface area contributed by atoms with E-state index < -0.39 is 0 Å². The highest BCUT2D eigenvalue weighted by Crippen LogP contribution is 2.33. The number of hydrogen-bond donors (Lipinski definition) is 1. The van der Waals surface area contributed by atoms with Gasteiger partial charge in [-0.3, -0.25) is 0 Å². The Morgan fingerprint density at radius 1 is 1.05 bits per heavy atom. The molecule has 3 nitrogen and oxygen atoms in total. The Bertz CT molecular complexity index is 393. The van der Waals surface area contributed by atoms with E-state index in [9.17, 15) is 0 Å². The van der Waals surface area contributed by atoms with Gasteiger partial charge in [-0.15, -0.1) is 0 Å². The molecular weight excluding hydrogens is 262 g/mol. The van der Waals surface area contributed by atoms with Gasteiger partial charge in [0.05, 0.1) is 19.3 Å². The van der Waals surface area contributed by atoms with E-state index in [0.717, 1.165) is 30.1 Å². The van der Waals surface area contributed by atoms with Crippen LogP contribution in [0.4, 0.5) is 0 Å². The molecule has 0 saturated carbocycles. The van der Waals surface area contributed by atoms with E-state index in [1.165, 1.54) is 32.1 Å². The van der Waals surface area contributed by atoms with Crippen molar-refractivity contribution >= 4 is 0 Å². The maximum atomic E-state index is 5.99. The number of unbranched alkanes of at least 4 members (excludes halogenated alkanes) is 5. The molecular formula is C18H31NO2. The van der Waals surface area contributed by atoms with Crippen molar-refractivity contribution in [3.05, 3.63) is 23.8 Å². The monoisotopic (exact) mass is 293 g/mol. The van der Waals surface area contributed by atoms with E-state index in [4.69, 9.17) is 9.47 Å². The van der Waals surface area contributed by atoms with Gasteiger partial charge in [-0.25, -0.2) is 0 Å². The Morgan fingerprint density at radius 2 is 1.71 bits per heavy atom. The summed E-state index contributed by atoms with van der Waals surface area (Å²) in [4.78, 5) is 0. The molecule has 0 saturated heterocycles. The lowest BCUT2D eigenvalue weighted by molar-refractivity contribution is 0.295. The van der Waals surface area contributed by atoms with Gasteiger partial charge in [-0.05, 0) is 32.5 Å². The number of ether oxygens (including phenoxy) is 2. The summed E-state index contributed by atoms with van der Waals surface area (Å²) in [5.41, 5.74) is 1.11. The van der Waals surface area contributed by atoms with Crippen molar-refractivity contribution in [1.29, 1.82) is 0 Å². The van der Waals surface area contributed by atoms with Gasteiger partial charge in [0.1, 0.15) is 11.5 Å². The van der Waals surface area contributed by atoms with Crippen molar-refractivity contribution in [2.45, 2.75) is 58.4 Å². The van der Waals surface area contributed by atoms with Gasteiger partial charge in [0, 0.05) is 6.04 Å². The SMILES string of the molecule is CCCCCCCCOc1cccc(OC)c1C(C)NC. The Hall–Kier alpha value is -1.22. The van der Waals surface area contributed by atoms with Crippen LogP contribution < -0.4 is 14.8 Å². The van der Waals surface area contributed by atoms with Crippen LogP contribution in [-0.4, -0.2) is 20.8 Å². The smallest absolute Gasteiger partial charge is 0.127 e. The van der Waals surface area contributed by atoms with Crippen molar-refractivity contribution in [3.8, 4) is 11.5 Å². The van der Waals surface area contributed by atoms with E-state index in [1.807, 2.05) is 25.2 Å². The highest BCUT2D eigenvalue weighted by molar-refractivity contribution is 5.46. The summed E-state index contributed by atoms with van der Waals surface area (Å²) in [6.07, 6.45) is 7.67. The van der Waals surface area contributed by atoms with Crippen LogP contribution in [-0.2, 0) is 0 Å². The Labute approximate surface area is 130 Å². The van der Waals surface area contributed by atoms with Crippen LogP contribution in [0.15, 0.2) is 18.2 Å². The molecule has 0 aliphatic rings. The van der Waals surface area contributed by atoms with Crippen LogP contribution in [0, 0.1) is 0 Å². The Morgan fingerprint density at radius 3 is 2.38 bits per heavy atom. The molecule has 0 aliphatic heterocycles. The van der Waals surface area contributed by atoms with E-state index in [2.05, 4.69) is 19.2 Å². The number of methoxy groups -OCH3 is 1. The Balaban J connectivity index is 2.50. The first-order chi connectivity index (χ1) is 10.2. The van der Waals surface area contributed by atoms with Gasteiger partial charge in [-0.1, -0.05) is 45.1 Å². The molecule has 120 valence electrons. The van der Waals surface area contributed by atoms with Gasteiger partial charge in [-0.2, -0.15) is 0 Å². The third-order valence-electron chi connectivity index (χ3n) is 3.87. The zero-order valence-corrected chi connectivity index (χ0v) is 14.1. The number of hydrogen-bond acceptors (Lipinski definition) is 3. The molecule has 21 heavy (non-hydrogen) atoms. The molecule has 0 aliphatic carbocycles. The lowest BCUT2D eigenvalue weighted by Crippen LogP contribution is -2.15. The quantitative estimate of drug-likeness (QED) is 0.599. The number of nitrogens with one attached hydrogen (secondary N) is 1. The second kappa shape index (κ2) is 10.5. The van der Waals surface area contributed by atoms with Crippen LogP contribution >= 0.6 is 0 Å². The lowest BCUT2D eigenvalue weighted by atomic mass is 10.1. The summed E-state index contributed by atoms with van der Waals surface area (Å²) in [6.45, 7) is 5.15. The fraction of sp³-hybridized carbons (Fsp3) is 0.667. The predicted octanol–water partition coefficient (Wildman–Crippen LogP) is 4.71. The van der Waals surface area contributed by atoms with Crippen LogP contribution in [0.1, 0.15) is 64.0 Å². The average molecular weight is 293 g/mol. The summed E-state index contributed by atoms with van der Waals surface area (Å²) in [7, 11) is 3.66. The number of benzene rings is 1. The minimum atomic E-state index is 0.209. The van der Waals surface area contributed by atoms with E-state index in [0.29, 0.717) is 0 Å². The fourth-order valence-corrected chi connectivity index (χ4v) is 2.46. The van der Waals surface area contributed by atoms with Crippen molar-refractivity contribution in [2.24, 2.45) is 0 Å². The first-order valence-corrected chi connectivity index (χ1v) is 8.21. The molecule has 0 fully saturated rings. The van der Waals surface area contributed by atoms with E-state index in [-0.39, 0.29) is 6.04 Å². The van der Waals surface area contributed by atoms with Crippen LogP contribution in [0.5, 0.6) is 11.5 Å². The van der Waals surface area contributed by atoms with Gasteiger partial charge in [0.15, 0.2) is 0 Å². The highest BCUT2D eigenvalue weighted by atomic mass is 16.5. The second-order valence-corrected chi connectivity index (χ2v) is 5.50. The maximum Gasteiger partial charge on any atom is 0.127 e. The summed E-state index contributed by atoms with van der Waals surface area (Å²) in [6, 6.07) is 6.21. The highest BCUT2D eigenvalue weighted by Gasteiger charge is 2.15. The first kappa shape index (κ1) is 17.8. The molecule has 1 aromatic carbocycles. The summed E-state index contributed by atoms with van der Waals surface area (Å²) in [5.74, 6) is 1.82. The summed E-state index contributed by atoms with van der Waals surface area (Å²) < 4.78 is 11.4. The zero-order chi connectivity index (χ0) is 15.5. The maximum absolute atomic E-state index is 5.99. The normalized spacial score (nSPS) is 12.2. The lowest BCUT2D eigenvalue weighted by Gasteiger charge is -2.19. The molecule has 0 heterocycles. The number of rotatable bonds is 11. The minimum Gasteiger partial charge on any atom is -0.496 e. The van der Waals surface area contributed by atoms with Crippen molar-refractivity contribution in [2.75, 3.05) is 20.8 Å². The molecule has 1 N–H and O–H groups in total. The van der Waals surface area contributed by atoms with Crippen molar-refractivity contribution in [3.63, 3.8) is 0 Å². The largest absolute Gasteiger partial charge is 0.496 e. The van der Waals surface area contributed by atoms with E-state index >= 15 is 0 Å². The summed E-state index contributed by atoms with van der Waals surface area (Å²) in [5, 5.41) is 3.26. The molecule has 3 heteroatoms. The Kier molecular flexibility index (Phi) is 8.91. The fourth-order valence-electron chi connectivity index (χ4n) is 2.46. The van der Waals surface area contributed by atoms with Gasteiger partial charge >= 0.3 is 0 Å². The van der Waals surface area contributed by atoms with Gasteiger partial charge in [0.25, 0.3) is 0 Å². The molecule has 1 aromatic rings. The molecule has 0 bridgehead atoms. The first-order valence-electron chi connectivity index (χ1n) is 8.21. The minimum absolute atomic E-state index is 0.209. The van der Waals surface area contributed by atoms with Crippen LogP contribution in [0.25, 0.3) is 0 Å². The molecule has 0 aromatic heterocycles. The molecule has 1 rings (SSSR count). The predicted molar refractivity (Wildman–Crippen MR) is 89.3 cm³/mol. The zero-order valence-electron chi connectivity index (χ0n) is 14.1. The molecule has 0 amide bonds. The van der Waals surface area contributed by atoms with Gasteiger partial charge in [0.2, 0.25) is 0 Å². The third kappa shape index (κ3) is 5.96. The molecule has 1 unspecified atom stereocenters. The van der Waals surface area contributed by atoms with Crippen LogP contribution in [0.2, 0.25) is 0 Å². The third-order valence-corrected chi connectivity index (χ3v) is 3.87. The van der Waals surface area contributed by atoms with Crippen molar-refractivity contribution in [1.82, 2.24) is 5.32 Å². The van der Waals surface area contributed by atoms with Crippen molar-refractivity contribution < 1.29 is 9.47 Å².